The number of benzene rings is 2. The molecule has 9 heteroatoms. The molecule has 1 saturated heterocycles. The molecule has 176 valence electrons. The van der Waals surface area contributed by atoms with Gasteiger partial charge in [-0.1, -0.05) is 5.16 Å². The topological polar surface area (TPSA) is 91.1 Å². The summed E-state index contributed by atoms with van der Waals surface area (Å²) >= 11 is 0. The Bertz CT molecular complexity index is 1270. The first-order valence-electron chi connectivity index (χ1n) is 10.6. The van der Waals surface area contributed by atoms with Crippen molar-refractivity contribution in [2.24, 2.45) is 0 Å². The molecule has 1 unspecified atom stereocenters. The van der Waals surface area contributed by atoms with E-state index in [2.05, 4.69) is 5.16 Å². The van der Waals surface area contributed by atoms with Gasteiger partial charge < -0.3 is 18.7 Å². The van der Waals surface area contributed by atoms with Gasteiger partial charge in [-0.15, -0.1) is 0 Å². The quantitative estimate of drug-likeness (QED) is 0.510. The van der Waals surface area contributed by atoms with E-state index in [4.69, 9.17) is 18.7 Å². The largest absolute Gasteiger partial charge is 0.497 e. The lowest BCUT2D eigenvalue weighted by molar-refractivity contribution is 0.393. The van der Waals surface area contributed by atoms with E-state index in [1.165, 1.54) is 11.4 Å². The Balaban J connectivity index is 1.68. The third kappa shape index (κ3) is 4.18. The van der Waals surface area contributed by atoms with Gasteiger partial charge in [-0.05, 0) is 56.7 Å². The van der Waals surface area contributed by atoms with Gasteiger partial charge in [-0.2, -0.15) is 4.31 Å². The Morgan fingerprint density at radius 3 is 2.36 bits per heavy atom. The minimum absolute atomic E-state index is 0.0156. The molecule has 1 aromatic heterocycles. The maximum Gasteiger partial charge on any atom is 0.246 e. The van der Waals surface area contributed by atoms with Crippen molar-refractivity contribution in [1.29, 1.82) is 0 Å². The predicted octanol–water partition coefficient (Wildman–Crippen LogP) is 4.16. The highest BCUT2D eigenvalue weighted by molar-refractivity contribution is 7.89. The van der Waals surface area contributed by atoms with Crippen molar-refractivity contribution in [2.75, 3.05) is 34.4 Å². The molecule has 0 radical (unpaired) electrons. The number of sulfonamides is 1. The summed E-state index contributed by atoms with van der Waals surface area (Å²) in [4.78, 5) is 0.106. The molecule has 8 nitrogen and oxygen atoms in total. The van der Waals surface area contributed by atoms with Crippen LogP contribution >= 0.6 is 0 Å². The van der Waals surface area contributed by atoms with Crippen molar-refractivity contribution in [2.45, 2.75) is 31.1 Å². The number of aromatic nitrogens is 1. The fourth-order valence-electron chi connectivity index (χ4n) is 4.20. The van der Waals surface area contributed by atoms with E-state index < -0.39 is 10.0 Å². The van der Waals surface area contributed by atoms with Gasteiger partial charge in [-0.25, -0.2) is 8.42 Å². The third-order valence-corrected chi connectivity index (χ3v) is 8.11. The van der Waals surface area contributed by atoms with Crippen LogP contribution in [0, 0.1) is 13.8 Å². The Morgan fingerprint density at radius 1 is 1.00 bits per heavy atom. The molecular formula is C24H28N2O6S. The Labute approximate surface area is 194 Å². The predicted molar refractivity (Wildman–Crippen MR) is 124 cm³/mol. The second-order valence-electron chi connectivity index (χ2n) is 8.04. The summed E-state index contributed by atoms with van der Waals surface area (Å²) in [6.07, 6.45) is 0.672. The number of rotatable bonds is 7. The van der Waals surface area contributed by atoms with E-state index in [1.807, 2.05) is 32.0 Å². The maximum absolute atomic E-state index is 13.7. The fourth-order valence-corrected chi connectivity index (χ4v) is 5.88. The van der Waals surface area contributed by atoms with E-state index in [0.717, 1.165) is 22.6 Å². The summed E-state index contributed by atoms with van der Waals surface area (Å²) in [6, 6.07) is 10.6. The van der Waals surface area contributed by atoms with Crippen LogP contribution in [0.4, 0.5) is 0 Å². The van der Waals surface area contributed by atoms with Crippen LogP contribution < -0.4 is 14.2 Å². The molecule has 3 aromatic rings. The normalized spacial score (nSPS) is 16.7. The fraction of sp³-hybridized carbons (Fsp3) is 0.375. The molecular weight excluding hydrogens is 444 g/mol. The minimum atomic E-state index is -3.82. The number of nitrogens with zero attached hydrogens (tertiary/aromatic N) is 2. The molecule has 0 aliphatic carbocycles. The first kappa shape index (κ1) is 23.1. The van der Waals surface area contributed by atoms with Gasteiger partial charge in [0, 0.05) is 35.7 Å². The molecule has 2 heterocycles. The molecule has 1 fully saturated rings. The molecule has 0 amide bonds. The van der Waals surface area contributed by atoms with E-state index in [-0.39, 0.29) is 16.6 Å². The molecule has 0 spiro atoms. The minimum Gasteiger partial charge on any atom is -0.497 e. The lowest BCUT2D eigenvalue weighted by Gasteiger charge is -2.20. The summed E-state index contributed by atoms with van der Waals surface area (Å²) in [5.74, 6) is 2.25. The molecule has 1 aliphatic rings. The average Bonchev–Trinajstić information content (AvgIpc) is 3.46. The second kappa shape index (κ2) is 9.07. The Morgan fingerprint density at radius 2 is 1.73 bits per heavy atom. The number of methoxy groups -OCH3 is 3. The van der Waals surface area contributed by atoms with Crippen LogP contribution in [0.1, 0.15) is 29.2 Å². The van der Waals surface area contributed by atoms with Crippen LogP contribution in [0.5, 0.6) is 17.2 Å². The summed E-state index contributed by atoms with van der Waals surface area (Å²) in [5, 5.41) is 3.99. The summed E-state index contributed by atoms with van der Waals surface area (Å²) in [7, 11) is 0.859. The van der Waals surface area contributed by atoms with Crippen molar-refractivity contribution in [1.82, 2.24) is 9.46 Å². The lowest BCUT2D eigenvalue weighted by Crippen LogP contribution is -2.29. The molecule has 33 heavy (non-hydrogen) atoms. The van der Waals surface area contributed by atoms with Crippen molar-refractivity contribution >= 4 is 10.0 Å². The van der Waals surface area contributed by atoms with E-state index >= 15 is 0 Å². The summed E-state index contributed by atoms with van der Waals surface area (Å²) in [6.45, 7) is 4.47. The van der Waals surface area contributed by atoms with Crippen LogP contribution in [0.15, 0.2) is 45.8 Å². The molecule has 0 saturated carbocycles. The number of hydrogen-bond acceptors (Lipinski definition) is 7. The van der Waals surface area contributed by atoms with Crippen LogP contribution in [-0.4, -0.2) is 52.3 Å². The zero-order valence-corrected chi connectivity index (χ0v) is 20.2. The zero-order valence-electron chi connectivity index (χ0n) is 19.4. The molecule has 4 rings (SSSR count). The van der Waals surface area contributed by atoms with E-state index in [0.29, 0.717) is 36.6 Å². The standard InChI is InChI=1S/C24H28N2O6S/c1-15-16(2)25-32-24(15)17-6-8-22(31-5)23(12-17)33(27,28)26-11-10-18(14-26)20-13-19(29-3)7-9-21(20)30-4/h6-9,12-13,18H,10-11,14H2,1-5H3. The highest BCUT2D eigenvalue weighted by Gasteiger charge is 2.36. The number of aryl methyl sites for hydroxylation is 1. The second-order valence-corrected chi connectivity index (χ2v) is 9.95. The first-order chi connectivity index (χ1) is 15.8. The SMILES string of the molecule is COc1ccc(OC)c(C2CCN(S(=O)(=O)c3cc(-c4onc(C)c4C)ccc3OC)C2)c1. The lowest BCUT2D eigenvalue weighted by atomic mass is 9.97. The first-order valence-corrected chi connectivity index (χ1v) is 12.1. The Kier molecular flexibility index (Phi) is 6.36. The number of ether oxygens (including phenoxy) is 3. The van der Waals surface area contributed by atoms with Gasteiger partial charge in [0.2, 0.25) is 10.0 Å². The van der Waals surface area contributed by atoms with Gasteiger partial charge in [0.15, 0.2) is 5.76 Å². The smallest absolute Gasteiger partial charge is 0.246 e. The Hall–Kier alpha value is -3.04. The highest BCUT2D eigenvalue weighted by Crippen LogP contribution is 2.40. The van der Waals surface area contributed by atoms with Crippen LogP contribution in [0.25, 0.3) is 11.3 Å². The summed E-state index contributed by atoms with van der Waals surface area (Å²) < 4.78 is 50.6. The third-order valence-electron chi connectivity index (χ3n) is 6.23. The molecule has 0 N–H and O–H groups in total. The van der Waals surface area contributed by atoms with Crippen LogP contribution in [-0.2, 0) is 10.0 Å². The van der Waals surface area contributed by atoms with Crippen LogP contribution in [0.3, 0.4) is 0 Å². The van der Waals surface area contributed by atoms with Gasteiger partial charge >= 0.3 is 0 Å². The van der Waals surface area contributed by atoms with Crippen molar-refractivity contribution in [3.63, 3.8) is 0 Å². The van der Waals surface area contributed by atoms with E-state index in [9.17, 15) is 8.42 Å². The molecule has 1 atom stereocenters. The maximum atomic E-state index is 13.7. The number of hydrogen-bond donors (Lipinski definition) is 0. The van der Waals surface area contributed by atoms with E-state index in [1.54, 1.807) is 32.4 Å². The zero-order chi connectivity index (χ0) is 23.8. The molecule has 0 bridgehead atoms. The summed E-state index contributed by atoms with van der Waals surface area (Å²) in [5.41, 5.74) is 3.20. The average molecular weight is 473 g/mol. The highest BCUT2D eigenvalue weighted by atomic mass is 32.2. The van der Waals surface area contributed by atoms with Gasteiger partial charge in [0.05, 0.1) is 27.0 Å². The van der Waals surface area contributed by atoms with Crippen molar-refractivity contribution < 1.29 is 27.2 Å². The van der Waals surface area contributed by atoms with Crippen LogP contribution in [0.2, 0.25) is 0 Å². The van der Waals surface area contributed by atoms with Crippen molar-refractivity contribution in [3.8, 4) is 28.6 Å². The van der Waals surface area contributed by atoms with Gasteiger partial charge in [0.1, 0.15) is 22.1 Å². The monoisotopic (exact) mass is 472 g/mol. The van der Waals surface area contributed by atoms with Gasteiger partial charge in [-0.3, -0.25) is 0 Å². The van der Waals surface area contributed by atoms with Crippen molar-refractivity contribution in [3.05, 3.63) is 53.2 Å². The van der Waals surface area contributed by atoms with Gasteiger partial charge in [0.25, 0.3) is 0 Å². The molecule has 2 aromatic carbocycles. The molecule has 1 aliphatic heterocycles.